The first kappa shape index (κ1) is 19.1. The number of benzene rings is 2. The molecule has 150 valence electrons. The van der Waals surface area contributed by atoms with Crippen LogP contribution in [-0.2, 0) is 0 Å². The van der Waals surface area contributed by atoms with Crippen LogP contribution in [0.15, 0.2) is 42.5 Å². The predicted molar refractivity (Wildman–Crippen MR) is 111 cm³/mol. The van der Waals surface area contributed by atoms with Crippen LogP contribution in [0.2, 0.25) is 0 Å². The number of aromatic amines is 1. The van der Waals surface area contributed by atoms with Crippen LogP contribution in [0.1, 0.15) is 53.5 Å². The van der Waals surface area contributed by atoms with E-state index in [1.807, 2.05) is 55.1 Å². The SMILES string of the molecule is CCCN1C(=O)c2[nH]nc(-c3cc(C)ccc3O)c2[C@H]1c1ccc(OCC)cc1. The zero-order chi connectivity index (χ0) is 20.5. The topological polar surface area (TPSA) is 78.5 Å². The summed E-state index contributed by atoms with van der Waals surface area (Å²) >= 11 is 0. The molecule has 0 fully saturated rings. The number of ether oxygens (including phenoxy) is 1. The van der Waals surface area contributed by atoms with Crippen LogP contribution in [0.3, 0.4) is 0 Å². The molecule has 2 aromatic carbocycles. The summed E-state index contributed by atoms with van der Waals surface area (Å²) in [5.41, 5.74) is 4.56. The monoisotopic (exact) mass is 391 g/mol. The Labute approximate surface area is 170 Å². The van der Waals surface area contributed by atoms with Gasteiger partial charge in [-0.2, -0.15) is 5.10 Å². The lowest BCUT2D eigenvalue weighted by Crippen LogP contribution is -2.30. The van der Waals surface area contributed by atoms with E-state index in [0.717, 1.165) is 28.9 Å². The first-order valence-corrected chi connectivity index (χ1v) is 9.97. The average molecular weight is 391 g/mol. The number of H-pyrrole nitrogens is 1. The zero-order valence-corrected chi connectivity index (χ0v) is 16.9. The molecule has 4 rings (SSSR count). The Bertz CT molecular complexity index is 1040. The average Bonchev–Trinajstić information content (AvgIpc) is 3.25. The van der Waals surface area contributed by atoms with Crippen molar-refractivity contribution in [3.05, 3.63) is 64.8 Å². The first-order chi connectivity index (χ1) is 14.0. The summed E-state index contributed by atoms with van der Waals surface area (Å²) in [6.45, 7) is 7.21. The van der Waals surface area contributed by atoms with Crippen LogP contribution in [-0.4, -0.2) is 39.3 Å². The molecule has 1 aliphatic rings. The van der Waals surface area contributed by atoms with Gasteiger partial charge in [-0.1, -0.05) is 30.7 Å². The normalized spacial score (nSPS) is 15.6. The molecule has 0 spiro atoms. The molecule has 1 aliphatic heterocycles. The van der Waals surface area contributed by atoms with E-state index in [0.29, 0.717) is 30.1 Å². The minimum absolute atomic E-state index is 0.0633. The molecular weight excluding hydrogens is 366 g/mol. The van der Waals surface area contributed by atoms with Crippen LogP contribution in [0.4, 0.5) is 0 Å². The second-order valence-electron chi connectivity index (χ2n) is 7.28. The number of carbonyl (C=O) groups is 1. The highest BCUT2D eigenvalue weighted by molar-refractivity contribution is 6.00. The fourth-order valence-electron chi connectivity index (χ4n) is 3.97. The van der Waals surface area contributed by atoms with Gasteiger partial charge in [-0.05, 0) is 50.1 Å². The Morgan fingerprint density at radius 2 is 1.93 bits per heavy atom. The molecule has 29 heavy (non-hydrogen) atoms. The molecule has 0 bridgehead atoms. The number of aryl methyl sites for hydroxylation is 1. The van der Waals surface area contributed by atoms with E-state index < -0.39 is 0 Å². The number of amides is 1. The van der Waals surface area contributed by atoms with Crippen LogP contribution in [0.5, 0.6) is 11.5 Å². The molecule has 0 radical (unpaired) electrons. The van der Waals surface area contributed by atoms with Crippen molar-refractivity contribution in [3.63, 3.8) is 0 Å². The molecule has 6 heteroatoms. The van der Waals surface area contributed by atoms with Crippen LogP contribution < -0.4 is 4.74 Å². The quantitative estimate of drug-likeness (QED) is 0.651. The fraction of sp³-hybridized carbons (Fsp3) is 0.304. The molecule has 1 aromatic heterocycles. The lowest BCUT2D eigenvalue weighted by Gasteiger charge is -2.26. The van der Waals surface area contributed by atoms with Gasteiger partial charge in [0.15, 0.2) is 0 Å². The van der Waals surface area contributed by atoms with E-state index in [-0.39, 0.29) is 17.7 Å². The predicted octanol–water partition coefficient (Wildman–Crippen LogP) is 4.44. The third kappa shape index (κ3) is 3.24. The number of hydrogen-bond acceptors (Lipinski definition) is 4. The summed E-state index contributed by atoms with van der Waals surface area (Å²) in [5.74, 6) is 0.884. The van der Waals surface area contributed by atoms with E-state index >= 15 is 0 Å². The van der Waals surface area contributed by atoms with E-state index in [4.69, 9.17) is 4.74 Å². The highest BCUT2D eigenvalue weighted by Gasteiger charge is 2.42. The number of carbonyl (C=O) groups excluding carboxylic acids is 1. The Morgan fingerprint density at radius 3 is 2.62 bits per heavy atom. The molecule has 0 unspecified atom stereocenters. The largest absolute Gasteiger partial charge is 0.507 e. The van der Waals surface area contributed by atoms with Crippen LogP contribution >= 0.6 is 0 Å². The van der Waals surface area contributed by atoms with Gasteiger partial charge in [-0.15, -0.1) is 0 Å². The second-order valence-corrected chi connectivity index (χ2v) is 7.28. The lowest BCUT2D eigenvalue weighted by molar-refractivity contribution is 0.0744. The summed E-state index contributed by atoms with van der Waals surface area (Å²) in [6, 6.07) is 13.0. The van der Waals surface area contributed by atoms with E-state index in [1.165, 1.54) is 0 Å². The molecule has 1 amide bonds. The summed E-state index contributed by atoms with van der Waals surface area (Å²) in [4.78, 5) is 15.0. The van der Waals surface area contributed by atoms with Gasteiger partial charge < -0.3 is 14.7 Å². The maximum absolute atomic E-state index is 13.1. The zero-order valence-electron chi connectivity index (χ0n) is 16.9. The second kappa shape index (κ2) is 7.62. The number of hydrogen-bond donors (Lipinski definition) is 2. The Kier molecular flexibility index (Phi) is 5.01. The number of phenols is 1. The minimum Gasteiger partial charge on any atom is -0.507 e. The summed E-state index contributed by atoms with van der Waals surface area (Å²) < 4.78 is 5.56. The van der Waals surface area contributed by atoms with Crippen molar-refractivity contribution in [1.29, 1.82) is 0 Å². The van der Waals surface area contributed by atoms with Crippen molar-refractivity contribution in [2.45, 2.75) is 33.2 Å². The number of rotatable bonds is 6. The smallest absolute Gasteiger partial charge is 0.273 e. The maximum atomic E-state index is 13.1. The van der Waals surface area contributed by atoms with Gasteiger partial charge in [0.1, 0.15) is 22.9 Å². The Balaban J connectivity index is 1.86. The van der Waals surface area contributed by atoms with Crippen molar-refractivity contribution >= 4 is 5.91 Å². The summed E-state index contributed by atoms with van der Waals surface area (Å²) in [5, 5.41) is 17.8. The van der Waals surface area contributed by atoms with Gasteiger partial charge in [0, 0.05) is 17.7 Å². The third-order valence-corrected chi connectivity index (χ3v) is 5.24. The number of aromatic nitrogens is 2. The van der Waals surface area contributed by atoms with Crippen molar-refractivity contribution in [3.8, 4) is 22.8 Å². The molecule has 3 aromatic rings. The minimum atomic E-state index is -0.262. The molecule has 2 heterocycles. The molecule has 0 saturated carbocycles. The van der Waals surface area contributed by atoms with Gasteiger partial charge in [0.25, 0.3) is 5.91 Å². The van der Waals surface area contributed by atoms with Gasteiger partial charge in [-0.3, -0.25) is 9.89 Å². The first-order valence-electron chi connectivity index (χ1n) is 9.97. The van der Waals surface area contributed by atoms with Crippen LogP contribution in [0, 0.1) is 6.92 Å². The molecule has 1 atom stereocenters. The summed E-state index contributed by atoms with van der Waals surface area (Å²) in [7, 11) is 0. The molecular formula is C23H25N3O3. The Hall–Kier alpha value is -3.28. The number of fused-ring (bicyclic) bond motifs is 1. The third-order valence-electron chi connectivity index (χ3n) is 5.24. The van der Waals surface area contributed by atoms with Gasteiger partial charge in [-0.25, -0.2) is 0 Å². The molecule has 0 aliphatic carbocycles. The fourth-order valence-corrected chi connectivity index (χ4v) is 3.97. The maximum Gasteiger partial charge on any atom is 0.273 e. The van der Waals surface area contributed by atoms with Crippen molar-refractivity contribution in [2.24, 2.45) is 0 Å². The summed E-state index contributed by atoms with van der Waals surface area (Å²) in [6.07, 6.45) is 0.849. The number of nitrogens with zero attached hydrogens (tertiary/aromatic N) is 2. The number of aromatic hydroxyl groups is 1. The molecule has 2 N–H and O–H groups in total. The number of nitrogens with one attached hydrogen (secondary N) is 1. The molecule has 0 saturated heterocycles. The highest BCUT2D eigenvalue weighted by atomic mass is 16.5. The standard InChI is InChI=1S/C23H25N3O3/c1-4-12-26-22(15-7-9-16(10-8-15)29-5-2)19-20(24-25-21(19)23(26)28)17-13-14(3)6-11-18(17)27/h6-11,13,22,27H,4-5,12H2,1-3H3,(H,24,25)/t22-/m1/s1. The van der Waals surface area contributed by atoms with Gasteiger partial charge >= 0.3 is 0 Å². The van der Waals surface area contributed by atoms with E-state index in [1.54, 1.807) is 6.07 Å². The van der Waals surface area contributed by atoms with E-state index in [9.17, 15) is 9.90 Å². The van der Waals surface area contributed by atoms with Crippen LogP contribution in [0.25, 0.3) is 11.3 Å². The van der Waals surface area contributed by atoms with Crippen molar-refractivity contribution < 1.29 is 14.6 Å². The lowest BCUT2D eigenvalue weighted by atomic mass is 9.95. The molecule has 6 nitrogen and oxygen atoms in total. The van der Waals surface area contributed by atoms with Gasteiger partial charge in [0.05, 0.1) is 12.6 Å². The van der Waals surface area contributed by atoms with Gasteiger partial charge in [0.2, 0.25) is 0 Å². The Morgan fingerprint density at radius 1 is 1.17 bits per heavy atom. The van der Waals surface area contributed by atoms with E-state index in [2.05, 4.69) is 17.1 Å². The number of phenolic OH excluding ortho intramolecular Hbond substituents is 1. The van der Waals surface area contributed by atoms with Crippen molar-refractivity contribution in [1.82, 2.24) is 15.1 Å². The highest BCUT2D eigenvalue weighted by Crippen LogP contribution is 2.44. The van der Waals surface area contributed by atoms with Crippen molar-refractivity contribution in [2.75, 3.05) is 13.2 Å².